The van der Waals surface area contributed by atoms with Gasteiger partial charge in [0.25, 0.3) is 0 Å². The fourth-order valence-corrected chi connectivity index (χ4v) is 8.97. The van der Waals surface area contributed by atoms with Crippen molar-refractivity contribution < 1.29 is 23.4 Å². The van der Waals surface area contributed by atoms with Crippen LogP contribution in [0.2, 0.25) is 5.02 Å². The number of alkyl halides is 1. The summed E-state index contributed by atoms with van der Waals surface area (Å²) in [4.78, 5) is 18.8. The molecule has 5 aliphatic heterocycles. The highest BCUT2D eigenvalue weighted by molar-refractivity contribution is 6.36. The fourth-order valence-electron chi connectivity index (χ4n) is 8.69. The van der Waals surface area contributed by atoms with E-state index >= 15 is 4.39 Å². The molecule has 0 amide bonds. The first-order valence-corrected chi connectivity index (χ1v) is 16.2. The molecule has 2 aromatic heterocycles. The molecule has 4 saturated heterocycles. The molecular weight excluding hydrogens is 602 g/mol. The number of phenols is 1. The van der Waals surface area contributed by atoms with Crippen molar-refractivity contribution in [2.75, 3.05) is 37.9 Å². The zero-order valence-electron chi connectivity index (χ0n) is 24.6. The molecule has 0 radical (unpaired) electrons. The van der Waals surface area contributed by atoms with Crippen LogP contribution >= 0.6 is 11.6 Å². The van der Waals surface area contributed by atoms with E-state index in [9.17, 15) is 9.50 Å². The Balaban J connectivity index is 1.22. The predicted molar refractivity (Wildman–Crippen MR) is 167 cm³/mol. The van der Waals surface area contributed by atoms with Gasteiger partial charge < -0.3 is 24.8 Å². The van der Waals surface area contributed by atoms with Crippen molar-refractivity contribution in [2.24, 2.45) is 0 Å². The normalized spacial score (nSPS) is 28.7. The topological polar surface area (TPSA) is 95.9 Å². The van der Waals surface area contributed by atoms with Crippen molar-refractivity contribution in [3.8, 4) is 28.9 Å². The van der Waals surface area contributed by atoms with Crippen molar-refractivity contribution in [3.63, 3.8) is 0 Å². The standard InChI is InChI=1S/C33H33ClF2N6O3/c34-22-4-1-3-17-11-20(43)12-21(25(17)22)28-27(36)29-26-30(41-14-18-5-6-23(37-18)24(41)15-44-31(26)38-28)40-32(39-29)45-16-33-8-2-10-42(33)19(13-35)7-9-33/h1,3-4,11-12,18-19,23-24,37,43H,2,5-10,13-16H2. The van der Waals surface area contributed by atoms with E-state index in [0.29, 0.717) is 58.4 Å². The van der Waals surface area contributed by atoms with E-state index in [1.165, 1.54) is 6.07 Å². The van der Waals surface area contributed by atoms with E-state index in [1.54, 1.807) is 18.2 Å². The van der Waals surface area contributed by atoms with Gasteiger partial charge in [-0.1, -0.05) is 23.7 Å². The highest BCUT2D eigenvalue weighted by atomic mass is 35.5. The number of rotatable bonds is 5. The molecule has 45 heavy (non-hydrogen) atoms. The second-order valence-corrected chi connectivity index (χ2v) is 13.6. The van der Waals surface area contributed by atoms with Crippen LogP contribution in [-0.4, -0.2) is 87.6 Å². The van der Waals surface area contributed by atoms with Crippen molar-refractivity contribution in [1.82, 2.24) is 25.2 Å². The van der Waals surface area contributed by atoms with E-state index in [4.69, 9.17) is 31.0 Å². The van der Waals surface area contributed by atoms with Crippen LogP contribution in [0.5, 0.6) is 17.6 Å². The summed E-state index contributed by atoms with van der Waals surface area (Å²) in [6.45, 7) is 1.82. The van der Waals surface area contributed by atoms with Crippen LogP contribution in [0.1, 0.15) is 38.5 Å². The largest absolute Gasteiger partial charge is 0.508 e. The number of ether oxygens (including phenoxy) is 2. The molecule has 4 aromatic rings. The molecule has 9 rings (SSSR count). The van der Waals surface area contributed by atoms with Crippen LogP contribution in [0.4, 0.5) is 14.6 Å². The van der Waals surface area contributed by atoms with Gasteiger partial charge in [-0.25, -0.2) is 13.8 Å². The lowest BCUT2D eigenvalue weighted by atomic mass is 9.95. The van der Waals surface area contributed by atoms with Crippen molar-refractivity contribution in [1.29, 1.82) is 0 Å². The number of nitrogens with one attached hydrogen (secondary N) is 1. The Morgan fingerprint density at radius 2 is 2.04 bits per heavy atom. The number of aromatic nitrogens is 3. The van der Waals surface area contributed by atoms with Crippen LogP contribution in [0, 0.1) is 5.82 Å². The minimum atomic E-state index is -0.673. The van der Waals surface area contributed by atoms with E-state index < -0.39 is 5.82 Å². The Kier molecular flexibility index (Phi) is 6.31. The quantitative estimate of drug-likeness (QED) is 0.300. The molecule has 5 atom stereocenters. The number of nitrogens with zero attached hydrogens (tertiary/aromatic N) is 5. The minimum Gasteiger partial charge on any atom is -0.508 e. The van der Waals surface area contributed by atoms with Crippen LogP contribution in [-0.2, 0) is 0 Å². The van der Waals surface area contributed by atoms with Gasteiger partial charge in [-0.05, 0) is 68.7 Å². The first kappa shape index (κ1) is 27.7. The van der Waals surface area contributed by atoms with Gasteiger partial charge in [0.15, 0.2) is 5.82 Å². The first-order valence-electron chi connectivity index (χ1n) is 15.9. The van der Waals surface area contributed by atoms with E-state index in [1.807, 2.05) is 6.07 Å². The highest BCUT2D eigenvalue weighted by Gasteiger charge is 2.50. The Labute approximate surface area is 263 Å². The second kappa shape index (κ2) is 10.2. The zero-order valence-corrected chi connectivity index (χ0v) is 25.4. The lowest BCUT2D eigenvalue weighted by molar-refractivity contribution is 0.0772. The number of hydrogen-bond donors (Lipinski definition) is 2. The maximum Gasteiger partial charge on any atom is 0.319 e. The number of hydrogen-bond acceptors (Lipinski definition) is 9. The third-order valence-electron chi connectivity index (χ3n) is 10.8. The number of aromatic hydroxyl groups is 1. The van der Waals surface area contributed by atoms with Crippen molar-refractivity contribution >= 4 is 39.1 Å². The summed E-state index contributed by atoms with van der Waals surface area (Å²) in [5.41, 5.74) is 0.0828. The van der Waals surface area contributed by atoms with E-state index in [0.717, 1.165) is 45.1 Å². The first-order chi connectivity index (χ1) is 21.9. The van der Waals surface area contributed by atoms with Gasteiger partial charge in [0.2, 0.25) is 5.88 Å². The van der Waals surface area contributed by atoms with Crippen LogP contribution in [0.3, 0.4) is 0 Å². The molecule has 12 heteroatoms. The maximum absolute atomic E-state index is 17.0. The van der Waals surface area contributed by atoms with Gasteiger partial charge in [-0.3, -0.25) is 4.90 Å². The van der Waals surface area contributed by atoms with Gasteiger partial charge >= 0.3 is 6.01 Å². The molecule has 2 bridgehead atoms. The minimum absolute atomic E-state index is 0.0243. The lowest BCUT2D eigenvalue weighted by Crippen LogP contribution is -2.60. The average Bonchev–Trinajstić information content (AvgIpc) is 3.70. The number of fused-ring (bicyclic) bond motifs is 7. The zero-order chi connectivity index (χ0) is 30.4. The molecule has 0 aliphatic carbocycles. The molecule has 5 unspecified atom stereocenters. The van der Waals surface area contributed by atoms with Gasteiger partial charge in [0.05, 0.1) is 11.6 Å². The molecule has 7 heterocycles. The number of anilines is 1. The van der Waals surface area contributed by atoms with Gasteiger partial charge in [-0.15, -0.1) is 0 Å². The number of halogens is 3. The van der Waals surface area contributed by atoms with Crippen molar-refractivity contribution in [3.05, 3.63) is 41.2 Å². The molecule has 9 nitrogen and oxygen atoms in total. The van der Waals surface area contributed by atoms with Crippen LogP contribution in [0.15, 0.2) is 30.3 Å². The smallest absolute Gasteiger partial charge is 0.319 e. The van der Waals surface area contributed by atoms with E-state index in [2.05, 4.69) is 20.1 Å². The maximum atomic E-state index is 17.0. The number of pyridine rings is 1. The summed E-state index contributed by atoms with van der Waals surface area (Å²) < 4.78 is 43.5. The second-order valence-electron chi connectivity index (χ2n) is 13.2. The number of piperazine rings is 1. The number of phenolic OH excluding ortho intramolecular Hbond substituents is 1. The van der Waals surface area contributed by atoms with Gasteiger partial charge in [0.1, 0.15) is 48.1 Å². The van der Waals surface area contributed by atoms with Crippen molar-refractivity contribution in [2.45, 2.75) is 68.2 Å². The molecule has 0 saturated carbocycles. The molecule has 0 spiro atoms. The fraction of sp³-hybridized carbons (Fsp3) is 0.485. The Bertz CT molecular complexity index is 1860. The molecule has 234 valence electrons. The van der Waals surface area contributed by atoms with E-state index in [-0.39, 0.29) is 59.2 Å². The summed E-state index contributed by atoms with van der Waals surface area (Å²) in [6, 6.07) is 8.82. The summed E-state index contributed by atoms with van der Waals surface area (Å²) >= 11 is 6.63. The number of benzene rings is 2. The van der Waals surface area contributed by atoms with Crippen LogP contribution in [0.25, 0.3) is 32.9 Å². The molecule has 2 aromatic carbocycles. The Morgan fingerprint density at radius 3 is 2.93 bits per heavy atom. The molecular formula is C33H33ClF2N6O3. The molecule has 4 fully saturated rings. The third-order valence-corrected chi connectivity index (χ3v) is 11.1. The molecule has 2 N–H and O–H groups in total. The Hall–Kier alpha value is -3.54. The predicted octanol–water partition coefficient (Wildman–Crippen LogP) is 5.39. The molecule has 5 aliphatic rings. The third kappa shape index (κ3) is 4.19. The average molecular weight is 635 g/mol. The summed E-state index contributed by atoms with van der Waals surface area (Å²) in [5.74, 6) is 0.0756. The summed E-state index contributed by atoms with van der Waals surface area (Å²) in [5, 5.41) is 16.3. The van der Waals surface area contributed by atoms with Gasteiger partial charge in [-0.2, -0.15) is 9.97 Å². The lowest BCUT2D eigenvalue weighted by Gasteiger charge is -2.40. The van der Waals surface area contributed by atoms with Gasteiger partial charge in [0, 0.05) is 40.6 Å². The highest BCUT2D eigenvalue weighted by Crippen LogP contribution is 2.46. The summed E-state index contributed by atoms with van der Waals surface area (Å²) in [7, 11) is 0. The Morgan fingerprint density at radius 1 is 1.13 bits per heavy atom. The monoisotopic (exact) mass is 634 g/mol. The summed E-state index contributed by atoms with van der Waals surface area (Å²) in [6.07, 6.45) is 5.60. The SMILES string of the molecule is Oc1cc(-c2nc3c4c(nc(OCC56CCCN5C(CF)CC6)nc4c2F)N2CC4CCC(N4)C2CO3)c2c(Cl)cccc2c1. The van der Waals surface area contributed by atoms with Crippen LogP contribution < -0.4 is 19.7 Å².